The molecule has 0 amide bonds. The summed E-state index contributed by atoms with van der Waals surface area (Å²) in [5.41, 5.74) is 16.9. The molecule has 0 heterocycles. The Morgan fingerprint density at radius 3 is 1.16 bits per heavy atom. The molecule has 280 valence electrons. The van der Waals surface area contributed by atoms with Crippen LogP contribution in [0.4, 0.5) is 0 Å². The molecule has 8 aromatic carbocycles. The van der Waals surface area contributed by atoms with E-state index in [1.807, 2.05) is 0 Å². The van der Waals surface area contributed by atoms with Gasteiger partial charge < -0.3 is 14.9 Å². The zero-order chi connectivity index (χ0) is 37.0. The van der Waals surface area contributed by atoms with Gasteiger partial charge in [0.25, 0.3) is 0 Å². The second kappa shape index (κ2) is 17.0. The van der Waals surface area contributed by atoms with E-state index in [0.29, 0.717) is 11.1 Å². The Morgan fingerprint density at radius 1 is 0.429 bits per heavy atom. The van der Waals surface area contributed by atoms with Crippen molar-refractivity contribution in [2.24, 2.45) is 0 Å². The van der Waals surface area contributed by atoms with Gasteiger partial charge in [0.15, 0.2) is 0 Å². The predicted octanol–water partition coefficient (Wildman–Crippen LogP) is 14.6. The van der Waals surface area contributed by atoms with Gasteiger partial charge in [-0.15, -0.1) is 68.3 Å². The van der Waals surface area contributed by atoms with Crippen LogP contribution < -0.4 is 10.4 Å². The van der Waals surface area contributed by atoms with E-state index < -0.39 is 8.07 Å². The third-order valence-electron chi connectivity index (χ3n) is 12.3. The van der Waals surface area contributed by atoms with Crippen LogP contribution in [0.1, 0.15) is 49.9 Å². The molecule has 0 spiro atoms. The summed E-state index contributed by atoms with van der Waals surface area (Å²) >= 11 is 0. The van der Waals surface area contributed by atoms with Gasteiger partial charge >= 0.3 is 25.8 Å². The van der Waals surface area contributed by atoms with Gasteiger partial charge in [0.2, 0.25) is 0 Å². The Morgan fingerprint density at radius 2 is 0.804 bits per heavy atom. The summed E-state index contributed by atoms with van der Waals surface area (Å²) < 4.78 is 0. The maximum Gasteiger partial charge on any atom is 4.00 e. The molecule has 0 radical (unpaired) electrons. The summed E-state index contributed by atoms with van der Waals surface area (Å²) in [5, 5.41) is 8.52. The first-order valence-corrected chi connectivity index (χ1v) is 21.5. The van der Waals surface area contributed by atoms with E-state index in [4.69, 9.17) is 0 Å². The third-order valence-corrected chi connectivity index (χ3v) is 18.5. The van der Waals surface area contributed by atoms with Crippen molar-refractivity contribution in [1.29, 1.82) is 0 Å². The van der Waals surface area contributed by atoms with Crippen LogP contribution in [0.2, 0.25) is 11.1 Å². The van der Waals surface area contributed by atoms with Crippen LogP contribution in [0, 0.1) is 42.5 Å². The Kier molecular flexibility index (Phi) is 13.0. The van der Waals surface area contributed by atoms with Gasteiger partial charge in [0.1, 0.15) is 0 Å². The largest absolute Gasteiger partial charge is 4.00 e. The SMILES string of the molecule is Cc1ccc(-c2cccc3[cH-]c([Si](c4cc5c(-c6ccc(C)c(-c7ccccc7)c6C)cccc5[cH-]4)(C(C)C)C(C)C)cc23)c(C)c1-c1ccccc1.[CH3-].[CH3-].[Hf+4]. The summed E-state index contributed by atoms with van der Waals surface area (Å²) in [6, 6.07) is 55.2. The number of benzene rings is 6. The van der Waals surface area contributed by atoms with Gasteiger partial charge in [0.05, 0.1) is 8.07 Å². The van der Waals surface area contributed by atoms with Crippen molar-refractivity contribution in [3.8, 4) is 44.5 Å². The average molecular weight is 912 g/mol. The molecule has 8 aromatic rings. The van der Waals surface area contributed by atoms with Crippen LogP contribution in [0.25, 0.3) is 66.1 Å². The van der Waals surface area contributed by atoms with Crippen molar-refractivity contribution < 1.29 is 25.8 Å². The monoisotopic (exact) mass is 912 g/mol. The first-order chi connectivity index (χ1) is 25.6. The van der Waals surface area contributed by atoms with Crippen LogP contribution in [-0.4, -0.2) is 8.07 Å². The molecule has 2 heteroatoms. The molecule has 0 aliphatic rings. The molecular formula is C54H56HfSi. The van der Waals surface area contributed by atoms with Gasteiger partial charge in [-0.2, -0.15) is 12.1 Å². The Balaban J connectivity index is 0.00000200. The van der Waals surface area contributed by atoms with E-state index in [0.717, 1.165) is 0 Å². The third kappa shape index (κ3) is 6.98. The van der Waals surface area contributed by atoms with Crippen LogP contribution >= 0.6 is 0 Å². The van der Waals surface area contributed by atoms with Crippen molar-refractivity contribution in [2.45, 2.75) is 66.5 Å². The van der Waals surface area contributed by atoms with Gasteiger partial charge in [-0.1, -0.05) is 136 Å². The Bertz CT molecular complexity index is 2410. The van der Waals surface area contributed by atoms with Gasteiger partial charge in [0, 0.05) is 0 Å². The summed E-state index contributed by atoms with van der Waals surface area (Å²) in [7, 11) is -2.29. The quantitative estimate of drug-likeness (QED) is 0.105. The van der Waals surface area contributed by atoms with Gasteiger partial charge in [-0.3, -0.25) is 0 Å². The second-order valence-electron chi connectivity index (χ2n) is 15.9. The maximum absolute atomic E-state index is 2.59. The summed E-state index contributed by atoms with van der Waals surface area (Å²) in [5.74, 6) is 0. The van der Waals surface area contributed by atoms with Crippen molar-refractivity contribution >= 4 is 40.0 Å². The van der Waals surface area contributed by atoms with E-state index in [-0.39, 0.29) is 40.7 Å². The number of fused-ring (bicyclic) bond motifs is 2. The standard InChI is InChI=1S/C52H50Si.2CH3.Hf/c1-33(2)53(34(3)4,43-29-41-21-15-23-47(49(41)31-43)45-27-25-35(5)51(37(45)7)39-17-11-9-12-18-39)44-30-42-22-16-24-48(50(42)32-44)46-28-26-36(6)52(38(46)8)40-19-13-10-14-20-40;;;/h9-34H,1-8H3;2*1H3;/q-2;2*-1;+4. The molecule has 0 atom stereocenters. The molecule has 56 heavy (non-hydrogen) atoms. The number of hydrogen-bond donors (Lipinski definition) is 0. The Labute approximate surface area is 357 Å². The minimum Gasteiger partial charge on any atom is -0.358 e. The van der Waals surface area contributed by atoms with Crippen molar-refractivity contribution in [1.82, 2.24) is 0 Å². The second-order valence-corrected chi connectivity index (χ2v) is 21.1. The molecule has 0 saturated heterocycles. The summed E-state index contributed by atoms with van der Waals surface area (Å²) in [4.78, 5) is 0. The topological polar surface area (TPSA) is 0 Å². The molecule has 0 aliphatic heterocycles. The molecular weight excluding hydrogens is 855 g/mol. The zero-order valence-corrected chi connectivity index (χ0v) is 39.6. The fraction of sp³-hybridized carbons (Fsp3) is 0.185. The molecule has 0 saturated carbocycles. The zero-order valence-electron chi connectivity index (χ0n) is 35.0. The van der Waals surface area contributed by atoms with E-state index >= 15 is 0 Å². The maximum atomic E-state index is 2.59. The molecule has 0 fully saturated rings. The smallest absolute Gasteiger partial charge is 0.358 e. The first-order valence-electron chi connectivity index (χ1n) is 19.3. The van der Waals surface area contributed by atoms with Crippen LogP contribution in [0.3, 0.4) is 0 Å². The summed E-state index contributed by atoms with van der Waals surface area (Å²) in [6.07, 6.45) is 0. The van der Waals surface area contributed by atoms with Crippen molar-refractivity contribution in [3.05, 3.63) is 183 Å². The normalized spacial score (nSPS) is 11.5. The molecule has 0 unspecified atom stereocenters. The fourth-order valence-corrected chi connectivity index (χ4v) is 15.8. The van der Waals surface area contributed by atoms with E-state index in [2.05, 4.69) is 201 Å². The van der Waals surface area contributed by atoms with Crippen LogP contribution in [0.15, 0.2) is 146 Å². The summed E-state index contributed by atoms with van der Waals surface area (Å²) in [6.45, 7) is 19.0. The van der Waals surface area contributed by atoms with E-state index in [9.17, 15) is 0 Å². The first kappa shape index (κ1) is 42.8. The predicted molar refractivity (Wildman–Crippen MR) is 248 cm³/mol. The Hall–Kier alpha value is -4.37. The number of rotatable bonds is 8. The number of hydrogen-bond acceptors (Lipinski definition) is 0. The molecule has 8 rings (SSSR count). The average Bonchev–Trinajstić information content (AvgIpc) is 3.78. The minimum absolute atomic E-state index is 0. The minimum atomic E-state index is -2.29. The molecule has 0 aliphatic carbocycles. The number of aryl methyl sites for hydroxylation is 2. The van der Waals surface area contributed by atoms with E-state index in [1.165, 1.54) is 88.3 Å². The van der Waals surface area contributed by atoms with Gasteiger partial charge in [-0.25, -0.2) is 0 Å². The molecule has 0 aromatic heterocycles. The molecule has 0 N–H and O–H groups in total. The fourth-order valence-electron chi connectivity index (χ4n) is 9.96. The van der Waals surface area contributed by atoms with Crippen molar-refractivity contribution in [3.63, 3.8) is 0 Å². The van der Waals surface area contributed by atoms with Crippen molar-refractivity contribution in [2.75, 3.05) is 0 Å². The van der Waals surface area contributed by atoms with Crippen LogP contribution in [-0.2, 0) is 25.8 Å². The molecule has 0 bridgehead atoms. The van der Waals surface area contributed by atoms with Gasteiger partial charge in [-0.05, 0) is 94.4 Å². The van der Waals surface area contributed by atoms with Crippen LogP contribution in [0.5, 0.6) is 0 Å². The molecule has 0 nitrogen and oxygen atoms in total. The van der Waals surface area contributed by atoms with E-state index in [1.54, 1.807) is 10.4 Å².